The standard InChI is InChI=1S/C13H16O5/c1-3-9(2)13(16)17-8-12(15)18-11-6-4-10(14)5-7-11/h4-7,9,14H,3,8H2,1-2H3. The summed E-state index contributed by atoms with van der Waals surface area (Å²) in [5.41, 5.74) is 0. The zero-order valence-corrected chi connectivity index (χ0v) is 10.4. The molecule has 1 rings (SSSR count). The van der Waals surface area contributed by atoms with E-state index in [-0.39, 0.29) is 17.4 Å². The van der Waals surface area contributed by atoms with Gasteiger partial charge in [0.05, 0.1) is 5.92 Å². The van der Waals surface area contributed by atoms with E-state index in [0.29, 0.717) is 6.42 Å². The van der Waals surface area contributed by atoms with Crippen molar-refractivity contribution in [3.05, 3.63) is 24.3 Å². The summed E-state index contributed by atoms with van der Waals surface area (Å²) in [7, 11) is 0. The summed E-state index contributed by atoms with van der Waals surface area (Å²) in [4.78, 5) is 22.7. The van der Waals surface area contributed by atoms with Crippen LogP contribution in [0.5, 0.6) is 11.5 Å². The van der Waals surface area contributed by atoms with Gasteiger partial charge in [0.1, 0.15) is 11.5 Å². The Labute approximate surface area is 105 Å². The van der Waals surface area contributed by atoms with Crippen molar-refractivity contribution >= 4 is 11.9 Å². The van der Waals surface area contributed by atoms with Crippen molar-refractivity contribution in [3.8, 4) is 11.5 Å². The van der Waals surface area contributed by atoms with Gasteiger partial charge in [-0.05, 0) is 30.7 Å². The minimum Gasteiger partial charge on any atom is -0.508 e. The van der Waals surface area contributed by atoms with Crippen LogP contribution in [0.1, 0.15) is 20.3 Å². The molecule has 1 unspecified atom stereocenters. The van der Waals surface area contributed by atoms with Crippen LogP contribution in [-0.4, -0.2) is 23.7 Å². The average molecular weight is 252 g/mol. The molecule has 0 saturated heterocycles. The number of hydrogen-bond acceptors (Lipinski definition) is 5. The molecular formula is C13H16O5. The highest BCUT2D eigenvalue weighted by atomic mass is 16.6. The first kappa shape index (κ1) is 14.0. The maximum atomic E-state index is 11.4. The lowest BCUT2D eigenvalue weighted by atomic mass is 10.1. The molecule has 0 fully saturated rings. The number of aromatic hydroxyl groups is 1. The first-order valence-corrected chi connectivity index (χ1v) is 5.69. The maximum Gasteiger partial charge on any atom is 0.349 e. The van der Waals surface area contributed by atoms with Crippen LogP contribution in [0.2, 0.25) is 0 Å². The number of ether oxygens (including phenoxy) is 2. The number of esters is 2. The molecule has 0 bridgehead atoms. The van der Waals surface area contributed by atoms with Crippen molar-refractivity contribution in [1.82, 2.24) is 0 Å². The Morgan fingerprint density at radius 3 is 2.44 bits per heavy atom. The Bertz CT molecular complexity index is 410. The summed E-state index contributed by atoms with van der Waals surface area (Å²) < 4.78 is 9.70. The molecule has 0 spiro atoms. The van der Waals surface area contributed by atoms with Gasteiger partial charge in [-0.2, -0.15) is 0 Å². The molecule has 0 amide bonds. The summed E-state index contributed by atoms with van der Waals surface area (Å²) in [6, 6.07) is 5.69. The average Bonchev–Trinajstić information content (AvgIpc) is 2.37. The van der Waals surface area contributed by atoms with E-state index in [1.807, 2.05) is 6.92 Å². The SMILES string of the molecule is CCC(C)C(=O)OCC(=O)Oc1ccc(O)cc1. The first-order chi connectivity index (χ1) is 8.52. The van der Waals surface area contributed by atoms with Crippen molar-refractivity contribution in [1.29, 1.82) is 0 Å². The highest BCUT2D eigenvalue weighted by Gasteiger charge is 2.14. The van der Waals surface area contributed by atoms with E-state index >= 15 is 0 Å². The molecule has 98 valence electrons. The lowest BCUT2D eigenvalue weighted by Crippen LogP contribution is -2.22. The van der Waals surface area contributed by atoms with E-state index < -0.39 is 18.5 Å². The van der Waals surface area contributed by atoms with Crippen LogP contribution >= 0.6 is 0 Å². The fourth-order valence-corrected chi connectivity index (χ4v) is 1.11. The Morgan fingerprint density at radius 2 is 1.89 bits per heavy atom. The molecule has 0 aromatic heterocycles. The fraction of sp³-hybridized carbons (Fsp3) is 0.385. The number of carbonyl (C=O) groups is 2. The van der Waals surface area contributed by atoms with Gasteiger partial charge in [0.25, 0.3) is 0 Å². The maximum absolute atomic E-state index is 11.4. The van der Waals surface area contributed by atoms with Gasteiger partial charge >= 0.3 is 11.9 Å². The Kier molecular flexibility index (Phi) is 5.17. The third kappa shape index (κ3) is 4.45. The number of hydrogen-bond donors (Lipinski definition) is 1. The normalized spacial score (nSPS) is 11.7. The Morgan fingerprint density at radius 1 is 1.28 bits per heavy atom. The second-order valence-electron chi connectivity index (χ2n) is 3.88. The van der Waals surface area contributed by atoms with Crippen LogP contribution in [0.15, 0.2) is 24.3 Å². The van der Waals surface area contributed by atoms with Gasteiger partial charge in [0, 0.05) is 0 Å². The highest BCUT2D eigenvalue weighted by Crippen LogP contribution is 2.16. The monoisotopic (exact) mass is 252 g/mol. The number of phenols is 1. The predicted molar refractivity (Wildman–Crippen MR) is 64.2 cm³/mol. The van der Waals surface area contributed by atoms with Crippen molar-refractivity contribution in [2.24, 2.45) is 5.92 Å². The number of benzene rings is 1. The van der Waals surface area contributed by atoms with Gasteiger partial charge in [-0.3, -0.25) is 4.79 Å². The second-order valence-corrected chi connectivity index (χ2v) is 3.88. The zero-order chi connectivity index (χ0) is 13.5. The second kappa shape index (κ2) is 6.64. The largest absolute Gasteiger partial charge is 0.508 e. The van der Waals surface area contributed by atoms with Gasteiger partial charge in [0.2, 0.25) is 0 Å². The Balaban J connectivity index is 2.38. The van der Waals surface area contributed by atoms with Gasteiger partial charge < -0.3 is 14.6 Å². The summed E-state index contributed by atoms with van der Waals surface area (Å²) in [5.74, 6) is -0.931. The molecule has 1 aromatic carbocycles. The van der Waals surface area contributed by atoms with E-state index in [4.69, 9.17) is 14.6 Å². The quantitative estimate of drug-likeness (QED) is 0.640. The van der Waals surface area contributed by atoms with Crippen LogP contribution < -0.4 is 4.74 Å². The summed E-state index contributed by atoms with van der Waals surface area (Å²) >= 11 is 0. The molecule has 0 radical (unpaired) electrons. The van der Waals surface area contributed by atoms with Crippen LogP contribution in [0.4, 0.5) is 0 Å². The van der Waals surface area contributed by atoms with Gasteiger partial charge in [-0.15, -0.1) is 0 Å². The van der Waals surface area contributed by atoms with Gasteiger partial charge in [-0.1, -0.05) is 13.8 Å². The molecule has 1 aromatic rings. The van der Waals surface area contributed by atoms with Gasteiger partial charge in [-0.25, -0.2) is 4.79 Å². The molecule has 1 atom stereocenters. The van der Waals surface area contributed by atoms with E-state index in [1.165, 1.54) is 24.3 Å². The molecule has 5 nitrogen and oxygen atoms in total. The fourth-order valence-electron chi connectivity index (χ4n) is 1.11. The van der Waals surface area contributed by atoms with Gasteiger partial charge in [0.15, 0.2) is 6.61 Å². The molecule has 0 saturated carbocycles. The third-order valence-electron chi connectivity index (χ3n) is 2.42. The van der Waals surface area contributed by atoms with Crippen LogP contribution in [0.25, 0.3) is 0 Å². The minimum atomic E-state index is -0.655. The highest BCUT2D eigenvalue weighted by molar-refractivity contribution is 5.78. The lowest BCUT2D eigenvalue weighted by molar-refractivity contribution is -0.156. The van der Waals surface area contributed by atoms with E-state index in [0.717, 1.165) is 0 Å². The smallest absolute Gasteiger partial charge is 0.349 e. The van der Waals surface area contributed by atoms with Crippen molar-refractivity contribution in [2.45, 2.75) is 20.3 Å². The zero-order valence-electron chi connectivity index (χ0n) is 10.4. The molecule has 1 N–H and O–H groups in total. The molecule has 0 heterocycles. The van der Waals surface area contributed by atoms with Crippen LogP contribution in [0, 0.1) is 5.92 Å². The molecular weight excluding hydrogens is 236 g/mol. The molecule has 5 heteroatoms. The number of rotatable bonds is 5. The first-order valence-electron chi connectivity index (χ1n) is 5.69. The molecule has 0 aliphatic carbocycles. The minimum absolute atomic E-state index is 0.0815. The summed E-state index contributed by atoms with van der Waals surface area (Å²) in [6.45, 7) is 3.18. The van der Waals surface area contributed by atoms with Crippen molar-refractivity contribution < 1.29 is 24.2 Å². The predicted octanol–water partition coefficient (Wildman–Crippen LogP) is 1.89. The molecule has 0 aliphatic heterocycles. The molecule has 18 heavy (non-hydrogen) atoms. The third-order valence-corrected chi connectivity index (χ3v) is 2.42. The number of phenolic OH excluding ortho intramolecular Hbond substituents is 1. The van der Waals surface area contributed by atoms with Crippen LogP contribution in [-0.2, 0) is 14.3 Å². The topological polar surface area (TPSA) is 72.8 Å². The van der Waals surface area contributed by atoms with E-state index in [9.17, 15) is 9.59 Å². The van der Waals surface area contributed by atoms with E-state index in [1.54, 1.807) is 6.92 Å². The van der Waals surface area contributed by atoms with Crippen molar-refractivity contribution in [2.75, 3.05) is 6.61 Å². The van der Waals surface area contributed by atoms with Crippen molar-refractivity contribution in [3.63, 3.8) is 0 Å². The molecule has 0 aliphatic rings. The summed E-state index contributed by atoms with van der Waals surface area (Å²) in [6.07, 6.45) is 0.659. The van der Waals surface area contributed by atoms with E-state index in [2.05, 4.69) is 0 Å². The lowest BCUT2D eigenvalue weighted by Gasteiger charge is -2.09. The van der Waals surface area contributed by atoms with Crippen LogP contribution in [0.3, 0.4) is 0 Å². The summed E-state index contributed by atoms with van der Waals surface area (Å²) in [5, 5.41) is 9.05. The number of carbonyl (C=O) groups excluding carboxylic acids is 2. The Hall–Kier alpha value is -2.04.